The van der Waals surface area contributed by atoms with Crippen LogP contribution in [0.2, 0.25) is 0 Å². The Kier molecular flexibility index (Phi) is 3.84. The molecule has 0 unspecified atom stereocenters. The van der Waals surface area contributed by atoms with Gasteiger partial charge in [0.25, 0.3) is 5.91 Å². The SMILES string of the molecule is CN(C)C(=O)c1cccc(-c2cccc(C(N)=O)c2)c1. The van der Waals surface area contributed by atoms with Gasteiger partial charge in [-0.15, -0.1) is 0 Å². The fraction of sp³-hybridized carbons (Fsp3) is 0.125. The quantitative estimate of drug-likeness (QED) is 0.927. The average Bonchev–Trinajstić information content (AvgIpc) is 2.46. The molecule has 2 rings (SSSR count). The number of rotatable bonds is 3. The Morgan fingerprint density at radius 1 is 0.900 bits per heavy atom. The number of benzene rings is 2. The molecule has 2 aromatic carbocycles. The minimum atomic E-state index is -0.465. The molecule has 0 aliphatic heterocycles. The first-order chi connectivity index (χ1) is 9.49. The molecule has 0 aliphatic rings. The molecule has 0 aliphatic carbocycles. The van der Waals surface area contributed by atoms with Crippen molar-refractivity contribution < 1.29 is 9.59 Å². The highest BCUT2D eigenvalue weighted by molar-refractivity contribution is 5.96. The molecular formula is C16H16N2O2. The second-order valence-electron chi connectivity index (χ2n) is 4.73. The van der Waals surface area contributed by atoms with Crippen LogP contribution < -0.4 is 5.73 Å². The van der Waals surface area contributed by atoms with Crippen LogP contribution >= 0.6 is 0 Å². The smallest absolute Gasteiger partial charge is 0.253 e. The van der Waals surface area contributed by atoms with Gasteiger partial charge in [0, 0.05) is 25.2 Å². The fourth-order valence-electron chi connectivity index (χ4n) is 1.94. The molecule has 0 radical (unpaired) electrons. The largest absolute Gasteiger partial charge is 0.366 e. The maximum absolute atomic E-state index is 12.0. The van der Waals surface area contributed by atoms with Gasteiger partial charge in [0.2, 0.25) is 5.91 Å². The van der Waals surface area contributed by atoms with Crippen LogP contribution in [0.1, 0.15) is 20.7 Å². The molecule has 0 fully saturated rings. The van der Waals surface area contributed by atoms with Gasteiger partial charge in [-0.3, -0.25) is 9.59 Å². The van der Waals surface area contributed by atoms with Crippen LogP contribution in [0.3, 0.4) is 0 Å². The zero-order valence-electron chi connectivity index (χ0n) is 11.5. The highest BCUT2D eigenvalue weighted by Crippen LogP contribution is 2.22. The van der Waals surface area contributed by atoms with Crippen molar-refractivity contribution in [1.82, 2.24) is 4.90 Å². The zero-order chi connectivity index (χ0) is 14.7. The van der Waals surface area contributed by atoms with Crippen molar-refractivity contribution in [2.75, 3.05) is 14.1 Å². The van der Waals surface area contributed by atoms with Gasteiger partial charge >= 0.3 is 0 Å². The number of carbonyl (C=O) groups excluding carboxylic acids is 2. The van der Waals surface area contributed by atoms with Crippen molar-refractivity contribution in [1.29, 1.82) is 0 Å². The van der Waals surface area contributed by atoms with E-state index in [4.69, 9.17) is 5.73 Å². The number of amides is 2. The monoisotopic (exact) mass is 268 g/mol. The summed E-state index contributed by atoms with van der Waals surface area (Å²) in [6.45, 7) is 0. The summed E-state index contributed by atoms with van der Waals surface area (Å²) < 4.78 is 0. The van der Waals surface area contributed by atoms with E-state index < -0.39 is 5.91 Å². The molecule has 0 saturated heterocycles. The number of hydrogen-bond donors (Lipinski definition) is 1. The lowest BCUT2D eigenvalue weighted by atomic mass is 10.0. The van der Waals surface area contributed by atoms with E-state index in [1.165, 1.54) is 4.90 Å². The minimum absolute atomic E-state index is 0.0575. The Labute approximate surface area is 117 Å². The van der Waals surface area contributed by atoms with E-state index in [9.17, 15) is 9.59 Å². The van der Waals surface area contributed by atoms with E-state index in [1.54, 1.807) is 38.4 Å². The summed E-state index contributed by atoms with van der Waals surface area (Å²) in [5, 5.41) is 0. The predicted molar refractivity (Wildman–Crippen MR) is 78.4 cm³/mol. The van der Waals surface area contributed by atoms with Crippen LogP contribution in [-0.4, -0.2) is 30.8 Å². The zero-order valence-corrected chi connectivity index (χ0v) is 11.5. The lowest BCUT2D eigenvalue weighted by Gasteiger charge is -2.11. The third-order valence-electron chi connectivity index (χ3n) is 3.00. The third kappa shape index (κ3) is 2.85. The van der Waals surface area contributed by atoms with Crippen LogP contribution in [0.15, 0.2) is 48.5 Å². The third-order valence-corrected chi connectivity index (χ3v) is 3.00. The van der Waals surface area contributed by atoms with Crippen LogP contribution in [0.25, 0.3) is 11.1 Å². The summed E-state index contributed by atoms with van der Waals surface area (Å²) >= 11 is 0. The van der Waals surface area contributed by atoms with E-state index in [-0.39, 0.29) is 5.91 Å². The van der Waals surface area contributed by atoms with E-state index in [1.807, 2.05) is 24.3 Å². The van der Waals surface area contributed by atoms with E-state index in [0.29, 0.717) is 11.1 Å². The van der Waals surface area contributed by atoms with Gasteiger partial charge in [0.1, 0.15) is 0 Å². The predicted octanol–water partition coefficient (Wildman–Crippen LogP) is 2.15. The molecule has 102 valence electrons. The van der Waals surface area contributed by atoms with Crippen molar-refractivity contribution in [3.63, 3.8) is 0 Å². The van der Waals surface area contributed by atoms with Crippen LogP contribution in [0.4, 0.5) is 0 Å². The number of hydrogen-bond acceptors (Lipinski definition) is 2. The van der Waals surface area contributed by atoms with Crippen LogP contribution in [0.5, 0.6) is 0 Å². The molecule has 4 heteroatoms. The molecule has 4 nitrogen and oxygen atoms in total. The van der Waals surface area contributed by atoms with Gasteiger partial charge in [-0.25, -0.2) is 0 Å². The topological polar surface area (TPSA) is 63.4 Å². The lowest BCUT2D eigenvalue weighted by Crippen LogP contribution is -2.21. The van der Waals surface area contributed by atoms with Gasteiger partial charge in [0.15, 0.2) is 0 Å². The highest BCUT2D eigenvalue weighted by Gasteiger charge is 2.09. The molecule has 0 spiro atoms. The van der Waals surface area contributed by atoms with Crippen molar-refractivity contribution in [3.05, 3.63) is 59.7 Å². The van der Waals surface area contributed by atoms with E-state index in [2.05, 4.69) is 0 Å². The van der Waals surface area contributed by atoms with Crippen LogP contribution in [0, 0.1) is 0 Å². The molecule has 0 heterocycles. The van der Waals surface area contributed by atoms with Gasteiger partial charge < -0.3 is 10.6 Å². The molecule has 2 N–H and O–H groups in total. The van der Waals surface area contributed by atoms with Gasteiger partial charge in [-0.05, 0) is 35.4 Å². The average molecular weight is 268 g/mol. The standard InChI is InChI=1S/C16H16N2O2/c1-18(2)16(20)14-8-4-6-12(10-14)11-5-3-7-13(9-11)15(17)19/h3-10H,1-2H3,(H2,17,19). The molecular weight excluding hydrogens is 252 g/mol. The number of primary amides is 1. The van der Waals surface area contributed by atoms with Crippen molar-refractivity contribution in [2.24, 2.45) is 5.73 Å². The summed E-state index contributed by atoms with van der Waals surface area (Å²) in [6.07, 6.45) is 0. The molecule has 0 aromatic heterocycles. The van der Waals surface area contributed by atoms with Crippen molar-refractivity contribution in [2.45, 2.75) is 0 Å². The van der Waals surface area contributed by atoms with Crippen molar-refractivity contribution >= 4 is 11.8 Å². The van der Waals surface area contributed by atoms with Crippen molar-refractivity contribution in [3.8, 4) is 11.1 Å². The second-order valence-corrected chi connectivity index (χ2v) is 4.73. The number of nitrogens with zero attached hydrogens (tertiary/aromatic N) is 1. The maximum atomic E-state index is 12.0. The molecule has 0 bridgehead atoms. The molecule has 2 amide bonds. The maximum Gasteiger partial charge on any atom is 0.253 e. The second kappa shape index (κ2) is 5.57. The Hall–Kier alpha value is -2.62. The first-order valence-corrected chi connectivity index (χ1v) is 6.21. The summed E-state index contributed by atoms with van der Waals surface area (Å²) in [5.41, 5.74) is 8.07. The molecule has 0 saturated carbocycles. The normalized spacial score (nSPS) is 10.1. The number of carbonyl (C=O) groups is 2. The Morgan fingerprint density at radius 2 is 1.40 bits per heavy atom. The first kappa shape index (κ1) is 13.8. The molecule has 20 heavy (non-hydrogen) atoms. The summed E-state index contributed by atoms with van der Waals surface area (Å²) in [4.78, 5) is 24.7. The molecule has 2 aromatic rings. The Balaban J connectivity index is 2.43. The Morgan fingerprint density at radius 3 is 1.90 bits per heavy atom. The van der Waals surface area contributed by atoms with Gasteiger partial charge in [0.05, 0.1) is 0 Å². The summed E-state index contributed by atoms with van der Waals surface area (Å²) in [7, 11) is 3.42. The summed E-state index contributed by atoms with van der Waals surface area (Å²) in [6, 6.07) is 14.3. The van der Waals surface area contributed by atoms with Crippen LogP contribution in [-0.2, 0) is 0 Å². The Bertz CT molecular complexity index is 663. The first-order valence-electron chi connectivity index (χ1n) is 6.21. The van der Waals surface area contributed by atoms with Gasteiger partial charge in [-0.1, -0.05) is 24.3 Å². The molecule has 0 atom stereocenters. The highest BCUT2D eigenvalue weighted by atomic mass is 16.2. The van der Waals surface area contributed by atoms with E-state index in [0.717, 1.165) is 11.1 Å². The summed E-state index contributed by atoms with van der Waals surface area (Å²) in [5.74, 6) is -0.523. The fourth-order valence-corrected chi connectivity index (χ4v) is 1.94. The number of nitrogens with two attached hydrogens (primary N) is 1. The van der Waals surface area contributed by atoms with E-state index >= 15 is 0 Å². The van der Waals surface area contributed by atoms with Gasteiger partial charge in [-0.2, -0.15) is 0 Å². The lowest BCUT2D eigenvalue weighted by molar-refractivity contribution is 0.0827. The minimum Gasteiger partial charge on any atom is -0.366 e.